The molecule has 0 aliphatic rings. The van der Waals surface area contributed by atoms with Crippen molar-refractivity contribution < 1.29 is 19.3 Å². The summed E-state index contributed by atoms with van der Waals surface area (Å²) in [4.78, 5) is 0. The van der Waals surface area contributed by atoms with E-state index in [9.17, 15) is 5.11 Å². The molecule has 1 aromatic rings. The number of hydrogen-bond donors (Lipinski definition) is 1. The summed E-state index contributed by atoms with van der Waals surface area (Å²) in [6, 6.07) is 7.57. The van der Waals surface area contributed by atoms with Gasteiger partial charge >= 0.3 is 0 Å². The third-order valence-electron chi connectivity index (χ3n) is 2.61. The summed E-state index contributed by atoms with van der Waals surface area (Å²) in [5.41, 5.74) is 0.812. The molecule has 0 saturated heterocycles. The minimum absolute atomic E-state index is 0.0892. The second kappa shape index (κ2) is 8.91. The van der Waals surface area contributed by atoms with Crippen molar-refractivity contribution >= 4 is 0 Å². The van der Waals surface area contributed by atoms with Gasteiger partial charge < -0.3 is 19.3 Å². The Morgan fingerprint density at radius 2 is 1.84 bits per heavy atom. The lowest BCUT2D eigenvalue weighted by atomic mass is 10.1. The summed E-state index contributed by atoms with van der Waals surface area (Å²) in [6.07, 6.45) is 0.0612. The lowest BCUT2D eigenvalue weighted by molar-refractivity contribution is 0.0467. The Balaban J connectivity index is 2.48. The van der Waals surface area contributed by atoms with Crippen molar-refractivity contribution in [1.82, 2.24) is 0 Å². The van der Waals surface area contributed by atoms with Crippen LogP contribution in [0.4, 0.5) is 0 Å². The molecular formula is C15H24O4. The van der Waals surface area contributed by atoms with Crippen molar-refractivity contribution in [2.45, 2.75) is 32.5 Å². The number of hydrogen-bond acceptors (Lipinski definition) is 4. The van der Waals surface area contributed by atoms with Gasteiger partial charge in [-0.25, -0.2) is 0 Å². The standard InChI is InChI=1S/C15H24O4/c1-12(2)19-15-7-5-4-6-13(15)14(16)8-9-18-11-10-17-3/h4-7,12,14,16H,8-11H2,1-3H3. The molecule has 1 N–H and O–H groups in total. The highest BCUT2D eigenvalue weighted by atomic mass is 16.5. The molecule has 0 amide bonds. The van der Waals surface area contributed by atoms with Crippen molar-refractivity contribution in [2.75, 3.05) is 26.9 Å². The van der Waals surface area contributed by atoms with Gasteiger partial charge in [0, 0.05) is 25.7 Å². The molecule has 108 valence electrons. The number of aliphatic hydroxyl groups is 1. The van der Waals surface area contributed by atoms with E-state index in [-0.39, 0.29) is 6.10 Å². The van der Waals surface area contributed by atoms with E-state index in [0.29, 0.717) is 26.2 Å². The van der Waals surface area contributed by atoms with Crippen LogP contribution in [0.25, 0.3) is 0 Å². The summed E-state index contributed by atoms with van der Waals surface area (Å²) >= 11 is 0. The normalized spacial score (nSPS) is 12.7. The zero-order valence-electron chi connectivity index (χ0n) is 12.0. The topological polar surface area (TPSA) is 47.9 Å². The molecule has 0 aromatic heterocycles. The first-order valence-electron chi connectivity index (χ1n) is 6.65. The van der Waals surface area contributed by atoms with Crippen molar-refractivity contribution in [3.05, 3.63) is 29.8 Å². The van der Waals surface area contributed by atoms with Crippen molar-refractivity contribution in [3.63, 3.8) is 0 Å². The summed E-state index contributed by atoms with van der Waals surface area (Å²) in [5, 5.41) is 10.2. The Labute approximate surface area is 115 Å². The average molecular weight is 268 g/mol. The molecule has 0 aliphatic heterocycles. The second-order valence-electron chi connectivity index (χ2n) is 4.61. The Bertz CT molecular complexity index is 352. The molecular weight excluding hydrogens is 244 g/mol. The van der Waals surface area contributed by atoms with Crippen LogP contribution in [0, 0.1) is 0 Å². The van der Waals surface area contributed by atoms with E-state index in [0.717, 1.165) is 11.3 Å². The van der Waals surface area contributed by atoms with Crippen LogP contribution in [0.5, 0.6) is 5.75 Å². The largest absolute Gasteiger partial charge is 0.491 e. The maximum atomic E-state index is 10.2. The van der Waals surface area contributed by atoms with Crippen LogP contribution in [0.1, 0.15) is 31.9 Å². The van der Waals surface area contributed by atoms with Gasteiger partial charge in [0.1, 0.15) is 5.75 Å². The van der Waals surface area contributed by atoms with E-state index in [1.807, 2.05) is 38.1 Å². The fourth-order valence-electron chi connectivity index (χ4n) is 1.71. The zero-order chi connectivity index (χ0) is 14.1. The number of methoxy groups -OCH3 is 1. The van der Waals surface area contributed by atoms with Gasteiger partial charge in [0.25, 0.3) is 0 Å². The van der Waals surface area contributed by atoms with Crippen LogP contribution in [0.15, 0.2) is 24.3 Å². The molecule has 0 radical (unpaired) electrons. The zero-order valence-corrected chi connectivity index (χ0v) is 12.0. The molecule has 1 rings (SSSR count). The van der Waals surface area contributed by atoms with Crippen molar-refractivity contribution in [3.8, 4) is 5.75 Å². The van der Waals surface area contributed by atoms with Gasteiger partial charge in [0.15, 0.2) is 0 Å². The molecule has 19 heavy (non-hydrogen) atoms. The minimum atomic E-state index is -0.572. The SMILES string of the molecule is COCCOCCC(O)c1ccccc1OC(C)C. The number of aliphatic hydroxyl groups excluding tert-OH is 1. The summed E-state index contributed by atoms with van der Waals surface area (Å²) in [6.45, 7) is 5.56. The maximum absolute atomic E-state index is 10.2. The molecule has 4 heteroatoms. The third kappa shape index (κ3) is 6.05. The highest BCUT2D eigenvalue weighted by Crippen LogP contribution is 2.27. The van der Waals surface area contributed by atoms with Crippen LogP contribution in [-0.4, -0.2) is 38.1 Å². The van der Waals surface area contributed by atoms with Crippen LogP contribution < -0.4 is 4.74 Å². The lowest BCUT2D eigenvalue weighted by Crippen LogP contribution is -2.11. The predicted molar refractivity (Wildman–Crippen MR) is 74.5 cm³/mol. The van der Waals surface area contributed by atoms with E-state index in [2.05, 4.69) is 0 Å². The highest BCUT2D eigenvalue weighted by molar-refractivity contribution is 5.35. The first-order chi connectivity index (χ1) is 9.15. The molecule has 1 aromatic carbocycles. The van der Waals surface area contributed by atoms with Crippen molar-refractivity contribution in [1.29, 1.82) is 0 Å². The molecule has 0 aliphatic carbocycles. The lowest BCUT2D eigenvalue weighted by Gasteiger charge is -2.18. The first-order valence-corrected chi connectivity index (χ1v) is 6.65. The molecule has 4 nitrogen and oxygen atoms in total. The molecule has 1 atom stereocenters. The molecule has 0 fully saturated rings. The number of para-hydroxylation sites is 1. The highest BCUT2D eigenvalue weighted by Gasteiger charge is 2.13. The van der Waals surface area contributed by atoms with Gasteiger partial charge in [0.2, 0.25) is 0 Å². The van der Waals surface area contributed by atoms with Crippen molar-refractivity contribution in [2.24, 2.45) is 0 Å². The van der Waals surface area contributed by atoms with Gasteiger partial charge in [-0.1, -0.05) is 18.2 Å². The van der Waals surface area contributed by atoms with Gasteiger partial charge in [-0.3, -0.25) is 0 Å². The molecule has 0 saturated carbocycles. The summed E-state index contributed by atoms with van der Waals surface area (Å²) in [5.74, 6) is 0.738. The molecule has 0 spiro atoms. The number of rotatable bonds is 9. The van der Waals surface area contributed by atoms with E-state index in [1.165, 1.54) is 0 Å². The summed E-state index contributed by atoms with van der Waals surface area (Å²) in [7, 11) is 1.64. The average Bonchev–Trinajstić information content (AvgIpc) is 2.38. The number of benzene rings is 1. The Hall–Kier alpha value is -1.10. The smallest absolute Gasteiger partial charge is 0.125 e. The predicted octanol–water partition coefficient (Wildman–Crippen LogP) is 2.56. The third-order valence-corrected chi connectivity index (χ3v) is 2.61. The fourth-order valence-corrected chi connectivity index (χ4v) is 1.71. The molecule has 1 unspecified atom stereocenters. The fraction of sp³-hybridized carbons (Fsp3) is 0.600. The van der Waals surface area contributed by atoms with E-state index in [1.54, 1.807) is 7.11 Å². The Kier molecular flexibility index (Phi) is 7.48. The van der Waals surface area contributed by atoms with Crippen LogP contribution >= 0.6 is 0 Å². The molecule has 0 heterocycles. The van der Waals surface area contributed by atoms with Crippen LogP contribution in [0.2, 0.25) is 0 Å². The van der Waals surface area contributed by atoms with E-state index >= 15 is 0 Å². The monoisotopic (exact) mass is 268 g/mol. The first kappa shape index (κ1) is 16.0. The minimum Gasteiger partial charge on any atom is -0.491 e. The van der Waals surface area contributed by atoms with Gasteiger partial charge in [-0.2, -0.15) is 0 Å². The van der Waals surface area contributed by atoms with E-state index in [4.69, 9.17) is 14.2 Å². The van der Waals surface area contributed by atoms with Gasteiger partial charge in [-0.05, 0) is 19.9 Å². The Morgan fingerprint density at radius 1 is 1.11 bits per heavy atom. The van der Waals surface area contributed by atoms with Crippen LogP contribution in [0.3, 0.4) is 0 Å². The van der Waals surface area contributed by atoms with Gasteiger partial charge in [0.05, 0.1) is 25.4 Å². The second-order valence-corrected chi connectivity index (χ2v) is 4.61. The summed E-state index contributed by atoms with van der Waals surface area (Å²) < 4.78 is 15.9. The quantitative estimate of drug-likeness (QED) is 0.699. The van der Waals surface area contributed by atoms with Gasteiger partial charge in [-0.15, -0.1) is 0 Å². The Morgan fingerprint density at radius 3 is 2.53 bits per heavy atom. The number of ether oxygens (including phenoxy) is 3. The maximum Gasteiger partial charge on any atom is 0.125 e. The van der Waals surface area contributed by atoms with Crippen LogP contribution in [-0.2, 0) is 9.47 Å². The van der Waals surface area contributed by atoms with E-state index < -0.39 is 6.10 Å². The molecule has 0 bridgehead atoms.